The number of carboxylic acids is 1. The largest absolute Gasteiger partial charge is 1.00 e. The van der Waals surface area contributed by atoms with Crippen molar-refractivity contribution in [3.05, 3.63) is 52.0 Å². The molecule has 0 saturated carbocycles. The number of imidazole rings is 1. The predicted molar refractivity (Wildman–Crippen MR) is 134 cm³/mol. The Kier molecular flexibility index (Phi) is 8.40. The maximum Gasteiger partial charge on any atom is 1.00 e. The summed E-state index contributed by atoms with van der Waals surface area (Å²) in [6.45, 7) is 1.93. The van der Waals surface area contributed by atoms with E-state index in [0.717, 1.165) is 26.8 Å². The summed E-state index contributed by atoms with van der Waals surface area (Å²) >= 11 is 3.97. The molecule has 37 heavy (non-hydrogen) atoms. The summed E-state index contributed by atoms with van der Waals surface area (Å²) in [6.07, 6.45) is 6.83. The van der Waals surface area contributed by atoms with E-state index in [-0.39, 0.29) is 58.4 Å². The minimum absolute atomic E-state index is 0. The van der Waals surface area contributed by atoms with Crippen molar-refractivity contribution in [1.29, 1.82) is 0 Å². The maximum atomic E-state index is 13.0. The van der Waals surface area contributed by atoms with Crippen molar-refractivity contribution in [3.63, 3.8) is 0 Å². The molecule has 0 aromatic carbocycles. The normalized spacial score (nSPS) is 19.5. The number of amides is 2. The van der Waals surface area contributed by atoms with Crippen molar-refractivity contribution in [3.8, 4) is 0 Å². The fraction of sp³-hybridized carbons (Fsp3) is 0.238. The van der Waals surface area contributed by atoms with Gasteiger partial charge < -0.3 is 25.8 Å². The Labute approximate surface area is 244 Å². The van der Waals surface area contributed by atoms with Gasteiger partial charge in [-0.3, -0.25) is 18.9 Å². The van der Waals surface area contributed by atoms with E-state index in [4.69, 9.17) is 10.6 Å². The van der Waals surface area contributed by atoms with Crippen molar-refractivity contribution in [2.45, 2.75) is 18.3 Å². The van der Waals surface area contributed by atoms with Gasteiger partial charge in [-0.15, -0.1) is 34.4 Å². The van der Waals surface area contributed by atoms with Crippen LogP contribution in [0.25, 0.3) is 10.9 Å². The number of fused-ring (bicyclic) bond motifs is 2. The number of carbonyl (C=O) groups excluding carboxylic acids is 3. The second-order valence-corrected chi connectivity index (χ2v) is 10.4. The number of aromatic nitrogens is 3. The van der Waals surface area contributed by atoms with E-state index in [2.05, 4.69) is 20.4 Å². The van der Waals surface area contributed by atoms with Gasteiger partial charge in [-0.25, -0.2) is 9.97 Å². The number of anilines is 1. The number of nitrogens with one attached hydrogen (secondary N) is 1. The zero-order chi connectivity index (χ0) is 25.4. The summed E-state index contributed by atoms with van der Waals surface area (Å²) in [7, 11) is 0. The third kappa shape index (κ3) is 5.19. The van der Waals surface area contributed by atoms with Crippen LogP contribution >= 0.6 is 34.4 Å². The first-order valence-corrected chi connectivity index (χ1v) is 13.4. The molecule has 12 nitrogen and oxygen atoms in total. The minimum atomic E-state index is -1.47. The quantitative estimate of drug-likeness (QED) is 0.127. The van der Waals surface area contributed by atoms with Crippen molar-refractivity contribution >= 4 is 74.0 Å². The molecule has 3 aromatic rings. The number of nitrogen functional groups attached to an aromatic ring is 1. The van der Waals surface area contributed by atoms with E-state index in [1.54, 1.807) is 37.0 Å². The van der Waals surface area contributed by atoms with Crippen LogP contribution in [0.3, 0.4) is 0 Å². The van der Waals surface area contributed by atoms with E-state index in [0.29, 0.717) is 11.3 Å². The number of allylic oxidation sites excluding steroid dienone is 1. The second-order valence-electron chi connectivity index (χ2n) is 7.55. The Bertz CT molecular complexity index is 1460. The zero-order valence-corrected chi connectivity index (χ0v) is 24.1. The van der Waals surface area contributed by atoms with E-state index in [9.17, 15) is 19.5 Å². The number of thioether (sulfide) groups is 1. The monoisotopic (exact) mass is 567 g/mol. The number of carboxylic acid groups (broad SMARTS) is 1. The Morgan fingerprint density at radius 3 is 2.86 bits per heavy atom. The van der Waals surface area contributed by atoms with Gasteiger partial charge in [0.1, 0.15) is 34.9 Å². The van der Waals surface area contributed by atoms with Crippen molar-refractivity contribution in [2.24, 2.45) is 5.16 Å². The van der Waals surface area contributed by atoms with E-state index >= 15 is 0 Å². The molecular formula is C21H18N7NaO5S3. The Hall–Kier alpha value is -2.69. The number of oxime groups is 1. The first-order chi connectivity index (χ1) is 17.4. The molecule has 1 fully saturated rings. The van der Waals surface area contributed by atoms with Crippen LogP contribution < -0.4 is 45.7 Å². The number of thiazole rings is 2. The standard InChI is InChI=1S/C21H19N7O5S3.Na/c1-2-33-26-14(12-8-36-21(22)24-12)17(29)25-15-18(30)28-16(20(31)32)10(6-35-19(15)28)3-4-11-7-34-13-5-23-9-27(11)13;/h3-5,7-9,15,19H,2,6H2,1H3,(H2,22,24)(H,25,29)(H,31,32);/q;+1/p-1/b4-3?,26-14-;/t15-,19-;/m1./s1. The first-order valence-electron chi connectivity index (χ1n) is 10.6. The fourth-order valence-corrected chi connectivity index (χ4v) is 6.43. The summed E-state index contributed by atoms with van der Waals surface area (Å²) < 4.78 is 1.87. The molecule has 2 amide bonds. The zero-order valence-electron chi connectivity index (χ0n) is 19.6. The van der Waals surface area contributed by atoms with Gasteiger partial charge in [0, 0.05) is 16.5 Å². The number of carbonyl (C=O) groups is 3. The maximum absolute atomic E-state index is 13.0. The van der Waals surface area contributed by atoms with Gasteiger partial charge in [0.05, 0.1) is 23.6 Å². The molecule has 5 rings (SSSR count). The van der Waals surface area contributed by atoms with Crippen LogP contribution in [0, 0.1) is 0 Å². The van der Waals surface area contributed by atoms with Gasteiger partial charge in [-0.05, 0) is 18.6 Å². The average molecular weight is 568 g/mol. The number of hydrogen-bond donors (Lipinski definition) is 2. The van der Waals surface area contributed by atoms with Crippen LogP contribution in [0.15, 0.2) is 45.8 Å². The molecule has 5 heterocycles. The van der Waals surface area contributed by atoms with Crippen molar-refractivity contribution in [2.75, 3.05) is 18.1 Å². The van der Waals surface area contributed by atoms with Crippen molar-refractivity contribution < 1.29 is 53.9 Å². The first kappa shape index (κ1) is 27.3. The molecule has 0 radical (unpaired) electrons. The molecule has 16 heteroatoms. The van der Waals surface area contributed by atoms with Crippen LogP contribution in [-0.2, 0) is 19.2 Å². The Morgan fingerprint density at radius 2 is 2.16 bits per heavy atom. The third-order valence-electron chi connectivity index (χ3n) is 5.38. The number of aliphatic carboxylic acids is 1. The molecule has 0 unspecified atom stereocenters. The van der Waals surface area contributed by atoms with Crippen molar-refractivity contribution in [1.82, 2.24) is 24.6 Å². The summed E-state index contributed by atoms with van der Waals surface area (Å²) in [6, 6.07) is -0.951. The van der Waals surface area contributed by atoms with Gasteiger partial charge in [-0.1, -0.05) is 11.2 Å². The van der Waals surface area contributed by atoms with Crippen LogP contribution in [-0.4, -0.2) is 66.5 Å². The topological polar surface area (TPSA) is 167 Å². The van der Waals surface area contributed by atoms with Crippen LogP contribution in [0.2, 0.25) is 0 Å². The van der Waals surface area contributed by atoms with Gasteiger partial charge in [-0.2, -0.15) is 0 Å². The summed E-state index contributed by atoms with van der Waals surface area (Å²) in [5, 5.41) is 21.6. The molecule has 186 valence electrons. The third-order valence-corrected chi connectivity index (χ3v) is 8.26. The van der Waals surface area contributed by atoms with E-state index in [1.165, 1.54) is 23.1 Å². The number of hydrogen-bond acceptors (Lipinski definition) is 12. The smallest absolute Gasteiger partial charge is 0.543 e. The van der Waals surface area contributed by atoms with Gasteiger partial charge in [0.15, 0.2) is 10.8 Å². The molecule has 2 aliphatic heterocycles. The minimum Gasteiger partial charge on any atom is -0.543 e. The molecule has 2 aliphatic rings. The van der Waals surface area contributed by atoms with Gasteiger partial charge in [0.25, 0.3) is 11.8 Å². The number of β-lactam (4-membered cyclic amide) rings is 1. The van der Waals surface area contributed by atoms with Crippen LogP contribution in [0.4, 0.5) is 5.13 Å². The van der Waals surface area contributed by atoms with Crippen LogP contribution in [0.1, 0.15) is 18.3 Å². The number of nitrogens with two attached hydrogens (primary N) is 1. The summed E-state index contributed by atoms with van der Waals surface area (Å²) in [5.74, 6) is -2.40. The van der Waals surface area contributed by atoms with E-state index in [1.807, 2.05) is 9.78 Å². The predicted octanol–water partition coefficient (Wildman–Crippen LogP) is -2.70. The molecule has 0 aliphatic carbocycles. The average Bonchev–Trinajstić information content (AvgIpc) is 3.59. The molecule has 1 saturated heterocycles. The van der Waals surface area contributed by atoms with E-state index < -0.39 is 29.2 Å². The van der Waals surface area contributed by atoms with Gasteiger partial charge >= 0.3 is 29.6 Å². The molecular weight excluding hydrogens is 549 g/mol. The Morgan fingerprint density at radius 1 is 1.35 bits per heavy atom. The molecule has 0 spiro atoms. The molecule has 3 N–H and O–H groups in total. The summed E-state index contributed by atoms with van der Waals surface area (Å²) in [4.78, 5) is 53.2. The Balaban J connectivity index is 0.00000320. The summed E-state index contributed by atoms with van der Waals surface area (Å²) in [5.41, 5.74) is 6.81. The molecule has 2 atom stereocenters. The van der Waals surface area contributed by atoms with Crippen LogP contribution in [0.5, 0.6) is 0 Å². The number of rotatable bonds is 8. The second kappa shape index (κ2) is 11.4. The fourth-order valence-electron chi connectivity index (χ4n) is 3.75. The van der Waals surface area contributed by atoms with Gasteiger partial charge in [0.2, 0.25) is 0 Å². The molecule has 3 aromatic heterocycles. The number of nitrogens with zero attached hydrogens (tertiary/aromatic N) is 5. The SMILES string of the molecule is CCO/N=C(\C(=O)N[C@@H]1C(=O)N2C(C(=O)[O-])=C(C=Cc3csc4cncn34)CS[C@H]12)c1csc(N)n1.[Na+]. The molecule has 0 bridgehead atoms.